The number of ether oxygens (including phenoxy) is 1. The Kier molecular flexibility index (Phi) is 4.15. The van der Waals surface area contributed by atoms with E-state index in [1.807, 2.05) is 6.07 Å². The van der Waals surface area contributed by atoms with Crippen LogP contribution in [0.1, 0.15) is 24.1 Å². The van der Waals surface area contributed by atoms with Crippen molar-refractivity contribution in [3.8, 4) is 0 Å². The molecule has 5 heteroatoms. The summed E-state index contributed by atoms with van der Waals surface area (Å²) in [5, 5.41) is 5.42. The largest absolute Gasteiger partial charge is 0.378 e. The van der Waals surface area contributed by atoms with E-state index in [0.29, 0.717) is 19.1 Å². The molecule has 1 aromatic rings. The number of hydrogen-bond donors (Lipinski definition) is 1. The molecule has 1 aliphatic carbocycles. The second kappa shape index (κ2) is 6.03. The Hall–Kier alpha value is -0.910. The van der Waals surface area contributed by atoms with Gasteiger partial charge in [0.1, 0.15) is 0 Å². The SMILES string of the molecule is O=C(CC1COCCN1)N(Cc1cccs1)C1CC1. The molecule has 0 aromatic carbocycles. The maximum Gasteiger partial charge on any atom is 0.224 e. The zero-order valence-corrected chi connectivity index (χ0v) is 11.8. The second-order valence-electron chi connectivity index (χ2n) is 5.26. The van der Waals surface area contributed by atoms with E-state index in [4.69, 9.17) is 4.74 Å². The fourth-order valence-electron chi connectivity index (χ4n) is 2.46. The van der Waals surface area contributed by atoms with Crippen LogP contribution in [0, 0.1) is 0 Å². The van der Waals surface area contributed by atoms with Gasteiger partial charge < -0.3 is 15.0 Å². The van der Waals surface area contributed by atoms with E-state index >= 15 is 0 Å². The van der Waals surface area contributed by atoms with Crippen LogP contribution in [-0.4, -0.2) is 42.6 Å². The van der Waals surface area contributed by atoms with Crippen LogP contribution in [0.2, 0.25) is 0 Å². The van der Waals surface area contributed by atoms with Gasteiger partial charge in [0, 0.05) is 29.9 Å². The molecule has 1 amide bonds. The van der Waals surface area contributed by atoms with Gasteiger partial charge in [-0.15, -0.1) is 11.3 Å². The Morgan fingerprint density at radius 1 is 1.53 bits per heavy atom. The third-order valence-electron chi connectivity index (χ3n) is 3.63. The van der Waals surface area contributed by atoms with Gasteiger partial charge >= 0.3 is 0 Å². The molecule has 2 aliphatic rings. The lowest BCUT2D eigenvalue weighted by Gasteiger charge is -2.27. The number of nitrogens with one attached hydrogen (secondary N) is 1. The van der Waals surface area contributed by atoms with E-state index < -0.39 is 0 Å². The molecule has 1 saturated heterocycles. The van der Waals surface area contributed by atoms with Crippen molar-refractivity contribution in [1.29, 1.82) is 0 Å². The van der Waals surface area contributed by atoms with Gasteiger partial charge in [0.15, 0.2) is 0 Å². The van der Waals surface area contributed by atoms with Crippen molar-refractivity contribution in [2.75, 3.05) is 19.8 Å². The summed E-state index contributed by atoms with van der Waals surface area (Å²) in [6, 6.07) is 4.81. The summed E-state index contributed by atoms with van der Waals surface area (Å²) in [6.45, 7) is 3.04. The molecule has 2 heterocycles. The first-order chi connectivity index (χ1) is 9.33. The highest BCUT2D eigenvalue weighted by Crippen LogP contribution is 2.30. The predicted octanol–water partition coefficient (Wildman–Crippen LogP) is 1.62. The van der Waals surface area contributed by atoms with E-state index in [0.717, 1.165) is 32.5 Å². The smallest absolute Gasteiger partial charge is 0.224 e. The van der Waals surface area contributed by atoms with Crippen LogP contribution >= 0.6 is 11.3 Å². The Bertz CT molecular complexity index is 411. The summed E-state index contributed by atoms with van der Waals surface area (Å²) in [7, 11) is 0. The Morgan fingerprint density at radius 2 is 2.42 bits per heavy atom. The summed E-state index contributed by atoms with van der Waals surface area (Å²) in [5.41, 5.74) is 0. The Balaban J connectivity index is 1.57. The van der Waals surface area contributed by atoms with Crippen molar-refractivity contribution in [2.45, 2.75) is 37.9 Å². The highest BCUT2D eigenvalue weighted by Gasteiger charge is 2.33. The Morgan fingerprint density at radius 3 is 3.05 bits per heavy atom. The summed E-state index contributed by atoms with van der Waals surface area (Å²) in [6.07, 6.45) is 2.87. The maximum atomic E-state index is 12.5. The van der Waals surface area contributed by atoms with Crippen LogP contribution in [0.4, 0.5) is 0 Å². The van der Waals surface area contributed by atoms with E-state index in [9.17, 15) is 4.79 Å². The molecule has 1 N–H and O–H groups in total. The molecular weight excluding hydrogens is 260 g/mol. The molecule has 4 nitrogen and oxygen atoms in total. The lowest BCUT2D eigenvalue weighted by Crippen LogP contribution is -2.45. The minimum atomic E-state index is 0.186. The van der Waals surface area contributed by atoms with Gasteiger partial charge in [-0.2, -0.15) is 0 Å². The van der Waals surface area contributed by atoms with Gasteiger partial charge in [0.25, 0.3) is 0 Å². The van der Waals surface area contributed by atoms with E-state index in [-0.39, 0.29) is 11.9 Å². The van der Waals surface area contributed by atoms with Gasteiger partial charge in [-0.3, -0.25) is 4.79 Å². The highest BCUT2D eigenvalue weighted by molar-refractivity contribution is 7.09. The number of nitrogens with zero attached hydrogens (tertiary/aromatic N) is 1. The average molecular weight is 280 g/mol. The van der Waals surface area contributed by atoms with Crippen LogP contribution in [0.3, 0.4) is 0 Å². The number of thiophene rings is 1. The molecule has 1 unspecified atom stereocenters. The number of rotatable bonds is 5. The van der Waals surface area contributed by atoms with Crippen LogP contribution < -0.4 is 5.32 Å². The Labute approximate surface area is 117 Å². The molecule has 0 bridgehead atoms. The maximum absolute atomic E-state index is 12.5. The molecule has 1 saturated carbocycles. The number of amides is 1. The second-order valence-corrected chi connectivity index (χ2v) is 6.29. The number of morpholine rings is 1. The quantitative estimate of drug-likeness (QED) is 0.891. The molecule has 1 atom stereocenters. The first-order valence-electron chi connectivity index (χ1n) is 6.96. The molecule has 104 valence electrons. The standard InChI is InChI=1S/C14H20N2O2S/c17-14(8-11-10-18-6-5-15-11)16(12-3-4-12)9-13-2-1-7-19-13/h1-2,7,11-12,15H,3-6,8-10H2. The van der Waals surface area contributed by atoms with Crippen LogP contribution in [0.15, 0.2) is 17.5 Å². The topological polar surface area (TPSA) is 41.6 Å². The van der Waals surface area contributed by atoms with Gasteiger partial charge in [-0.1, -0.05) is 6.07 Å². The number of hydrogen-bond acceptors (Lipinski definition) is 4. The molecule has 19 heavy (non-hydrogen) atoms. The van der Waals surface area contributed by atoms with Gasteiger partial charge in [-0.25, -0.2) is 0 Å². The average Bonchev–Trinajstić information content (AvgIpc) is 3.14. The van der Waals surface area contributed by atoms with Crippen molar-refractivity contribution in [2.24, 2.45) is 0 Å². The van der Waals surface area contributed by atoms with E-state index in [1.165, 1.54) is 4.88 Å². The molecule has 1 aromatic heterocycles. The fourth-order valence-corrected chi connectivity index (χ4v) is 3.16. The minimum absolute atomic E-state index is 0.186. The molecule has 0 radical (unpaired) electrons. The number of carbonyl (C=O) groups excluding carboxylic acids is 1. The van der Waals surface area contributed by atoms with E-state index in [1.54, 1.807) is 11.3 Å². The normalized spacial score (nSPS) is 23.3. The summed E-state index contributed by atoms with van der Waals surface area (Å²) in [5.74, 6) is 0.263. The van der Waals surface area contributed by atoms with Crippen molar-refractivity contribution in [3.05, 3.63) is 22.4 Å². The van der Waals surface area contributed by atoms with Gasteiger partial charge in [0.05, 0.1) is 19.8 Å². The van der Waals surface area contributed by atoms with Crippen molar-refractivity contribution < 1.29 is 9.53 Å². The third-order valence-corrected chi connectivity index (χ3v) is 4.49. The molecule has 3 rings (SSSR count). The monoisotopic (exact) mass is 280 g/mol. The van der Waals surface area contributed by atoms with Crippen LogP contribution in [0.25, 0.3) is 0 Å². The van der Waals surface area contributed by atoms with E-state index in [2.05, 4.69) is 21.7 Å². The molecular formula is C14H20N2O2S. The number of carbonyl (C=O) groups is 1. The van der Waals surface area contributed by atoms with Crippen LogP contribution in [-0.2, 0) is 16.1 Å². The molecule has 1 aliphatic heterocycles. The minimum Gasteiger partial charge on any atom is -0.378 e. The molecule has 2 fully saturated rings. The van der Waals surface area contributed by atoms with Gasteiger partial charge in [0.2, 0.25) is 5.91 Å². The third kappa shape index (κ3) is 3.55. The van der Waals surface area contributed by atoms with Crippen molar-refractivity contribution in [3.63, 3.8) is 0 Å². The predicted molar refractivity (Wildman–Crippen MR) is 75.1 cm³/mol. The van der Waals surface area contributed by atoms with Crippen molar-refractivity contribution >= 4 is 17.2 Å². The van der Waals surface area contributed by atoms with Crippen molar-refractivity contribution in [1.82, 2.24) is 10.2 Å². The zero-order valence-electron chi connectivity index (χ0n) is 11.0. The first-order valence-corrected chi connectivity index (χ1v) is 7.84. The first kappa shape index (κ1) is 13.1. The van der Waals surface area contributed by atoms with Gasteiger partial charge in [-0.05, 0) is 24.3 Å². The molecule has 0 spiro atoms. The fraction of sp³-hybridized carbons (Fsp3) is 0.643. The summed E-state index contributed by atoms with van der Waals surface area (Å²) in [4.78, 5) is 15.8. The van der Waals surface area contributed by atoms with Crippen LogP contribution in [0.5, 0.6) is 0 Å². The highest BCUT2D eigenvalue weighted by atomic mass is 32.1. The zero-order chi connectivity index (χ0) is 13.1. The lowest BCUT2D eigenvalue weighted by molar-refractivity contribution is -0.133. The lowest BCUT2D eigenvalue weighted by atomic mass is 10.1. The summed E-state index contributed by atoms with van der Waals surface area (Å²) >= 11 is 1.73. The summed E-state index contributed by atoms with van der Waals surface area (Å²) < 4.78 is 5.41.